The molecular weight excluding hydrogens is 204 g/mol. The summed E-state index contributed by atoms with van der Waals surface area (Å²) in [5.74, 6) is 0. The fourth-order valence-corrected chi connectivity index (χ4v) is 1.64. The van der Waals surface area contributed by atoms with Crippen LogP contribution in [0.15, 0.2) is 0 Å². The van der Waals surface area contributed by atoms with Gasteiger partial charge in [-0.1, -0.05) is 6.92 Å². The molecule has 0 aliphatic carbocycles. The SMILES string of the molecule is CCN(CCO)CCCNS(C)(=O)=O. The minimum absolute atomic E-state index is 0.146. The van der Waals surface area contributed by atoms with Gasteiger partial charge in [-0.05, 0) is 19.5 Å². The van der Waals surface area contributed by atoms with Crippen LogP contribution in [-0.4, -0.2) is 57.5 Å². The number of hydrogen-bond donors (Lipinski definition) is 2. The Balaban J connectivity index is 3.52. The number of aliphatic hydroxyl groups excluding tert-OH is 1. The Kier molecular flexibility index (Phi) is 7.08. The minimum atomic E-state index is -3.06. The molecule has 0 saturated carbocycles. The number of hydrogen-bond acceptors (Lipinski definition) is 4. The van der Waals surface area contributed by atoms with Crippen molar-refractivity contribution in [2.45, 2.75) is 13.3 Å². The molecule has 0 heterocycles. The Morgan fingerprint density at radius 2 is 2.00 bits per heavy atom. The molecule has 5 nitrogen and oxygen atoms in total. The van der Waals surface area contributed by atoms with Crippen molar-refractivity contribution in [1.82, 2.24) is 9.62 Å². The molecule has 0 aliphatic rings. The van der Waals surface area contributed by atoms with Crippen molar-refractivity contribution in [3.8, 4) is 0 Å². The second kappa shape index (κ2) is 7.17. The summed E-state index contributed by atoms with van der Waals surface area (Å²) in [4.78, 5) is 2.07. The third-order valence-electron chi connectivity index (χ3n) is 1.88. The summed E-state index contributed by atoms with van der Waals surface area (Å²) in [6.07, 6.45) is 1.92. The maximum absolute atomic E-state index is 10.7. The molecule has 0 atom stereocenters. The Labute approximate surface area is 86.2 Å². The number of nitrogens with zero attached hydrogens (tertiary/aromatic N) is 1. The lowest BCUT2D eigenvalue weighted by atomic mass is 10.4. The van der Waals surface area contributed by atoms with Gasteiger partial charge in [0.1, 0.15) is 0 Å². The minimum Gasteiger partial charge on any atom is -0.395 e. The summed E-state index contributed by atoms with van der Waals surface area (Å²) in [6, 6.07) is 0. The van der Waals surface area contributed by atoms with Crippen molar-refractivity contribution in [3.05, 3.63) is 0 Å². The Morgan fingerprint density at radius 1 is 1.36 bits per heavy atom. The van der Waals surface area contributed by atoms with Gasteiger partial charge in [0.05, 0.1) is 12.9 Å². The van der Waals surface area contributed by atoms with Gasteiger partial charge in [0.25, 0.3) is 0 Å². The van der Waals surface area contributed by atoms with Crippen molar-refractivity contribution >= 4 is 10.0 Å². The van der Waals surface area contributed by atoms with Gasteiger partial charge in [-0.15, -0.1) is 0 Å². The van der Waals surface area contributed by atoms with Crippen molar-refractivity contribution in [2.24, 2.45) is 0 Å². The summed E-state index contributed by atoms with van der Waals surface area (Å²) in [6.45, 7) is 4.95. The average molecular weight is 224 g/mol. The summed E-state index contributed by atoms with van der Waals surface area (Å²) < 4.78 is 23.8. The van der Waals surface area contributed by atoms with E-state index in [-0.39, 0.29) is 6.61 Å². The van der Waals surface area contributed by atoms with E-state index in [9.17, 15) is 8.42 Å². The molecule has 0 aromatic heterocycles. The molecule has 0 aromatic rings. The van der Waals surface area contributed by atoms with E-state index >= 15 is 0 Å². The number of sulfonamides is 1. The highest BCUT2D eigenvalue weighted by atomic mass is 32.2. The molecule has 0 rings (SSSR count). The van der Waals surface area contributed by atoms with Crippen LogP contribution in [0.3, 0.4) is 0 Å². The Hall–Kier alpha value is -0.170. The van der Waals surface area contributed by atoms with Crippen molar-refractivity contribution < 1.29 is 13.5 Å². The first kappa shape index (κ1) is 13.8. The maximum atomic E-state index is 10.7. The number of aliphatic hydroxyl groups is 1. The zero-order valence-corrected chi connectivity index (χ0v) is 9.68. The van der Waals surface area contributed by atoms with Gasteiger partial charge in [-0.3, -0.25) is 0 Å². The number of likely N-dealkylation sites (N-methyl/N-ethyl adjacent to an activating group) is 1. The number of rotatable bonds is 8. The molecule has 86 valence electrons. The van der Waals surface area contributed by atoms with Crippen LogP contribution in [0.4, 0.5) is 0 Å². The molecule has 0 fully saturated rings. The quantitative estimate of drug-likeness (QED) is 0.532. The van der Waals surface area contributed by atoms with E-state index in [0.717, 1.165) is 25.8 Å². The molecule has 0 bridgehead atoms. The largest absolute Gasteiger partial charge is 0.395 e. The molecular formula is C8H20N2O3S. The van der Waals surface area contributed by atoms with E-state index in [2.05, 4.69) is 9.62 Å². The van der Waals surface area contributed by atoms with E-state index in [1.807, 2.05) is 6.92 Å². The van der Waals surface area contributed by atoms with Crippen molar-refractivity contribution in [3.63, 3.8) is 0 Å². The monoisotopic (exact) mass is 224 g/mol. The molecule has 0 amide bonds. The first-order valence-electron chi connectivity index (χ1n) is 4.77. The van der Waals surface area contributed by atoms with Crippen LogP contribution in [0, 0.1) is 0 Å². The zero-order valence-electron chi connectivity index (χ0n) is 8.86. The van der Waals surface area contributed by atoms with Crippen LogP contribution in [-0.2, 0) is 10.0 Å². The lowest BCUT2D eigenvalue weighted by Gasteiger charge is -2.18. The zero-order chi connectivity index (χ0) is 11.0. The van der Waals surface area contributed by atoms with Crippen LogP contribution < -0.4 is 4.72 Å². The summed E-state index contributed by atoms with van der Waals surface area (Å²) in [5.41, 5.74) is 0. The standard InChI is InChI=1S/C8H20N2O3S/c1-3-10(7-8-11)6-4-5-9-14(2,12)13/h9,11H,3-8H2,1-2H3. The molecule has 0 saturated heterocycles. The topological polar surface area (TPSA) is 69.6 Å². The molecule has 0 aromatic carbocycles. The summed E-state index contributed by atoms with van der Waals surface area (Å²) in [5, 5.41) is 8.70. The predicted molar refractivity (Wildman–Crippen MR) is 56.7 cm³/mol. The smallest absolute Gasteiger partial charge is 0.208 e. The molecule has 0 radical (unpaired) electrons. The highest BCUT2D eigenvalue weighted by Gasteiger charge is 2.02. The van der Waals surface area contributed by atoms with Crippen LogP contribution in [0.25, 0.3) is 0 Å². The maximum Gasteiger partial charge on any atom is 0.208 e. The van der Waals surface area contributed by atoms with E-state index in [1.54, 1.807) is 0 Å². The average Bonchev–Trinajstić information content (AvgIpc) is 2.08. The first-order chi connectivity index (χ1) is 6.49. The molecule has 14 heavy (non-hydrogen) atoms. The lowest BCUT2D eigenvalue weighted by Crippen LogP contribution is -2.31. The van der Waals surface area contributed by atoms with Crippen LogP contribution in [0.1, 0.15) is 13.3 Å². The van der Waals surface area contributed by atoms with Crippen molar-refractivity contribution in [1.29, 1.82) is 0 Å². The molecule has 0 unspecified atom stereocenters. The third-order valence-corrected chi connectivity index (χ3v) is 2.61. The highest BCUT2D eigenvalue weighted by Crippen LogP contribution is 1.90. The fraction of sp³-hybridized carbons (Fsp3) is 1.00. The second-order valence-electron chi connectivity index (χ2n) is 3.18. The van der Waals surface area contributed by atoms with Gasteiger partial charge in [0.2, 0.25) is 10.0 Å². The van der Waals surface area contributed by atoms with Crippen LogP contribution >= 0.6 is 0 Å². The number of nitrogens with one attached hydrogen (secondary N) is 1. The normalized spacial score (nSPS) is 12.3. The van der Waals surface area contributed by atoms with Gasteiger partial charge < -0.3 is 10.0 Å². The van der Waals surface area contributed by atoms with Gasteiger partial charge in [0.15, 0.2) is 0 Å². The second-order valence-corrected chi connectivity index (χ2v) is 5.01. The molecule has 2 N–H and O–H groups in total. The van der Waals surface area contributed by atoms with E-state index < -0.39 is 10.0 Å². The van der Waals surface area contributed by atoms with E-state index in [0.29, 0.717) is 13.1 Å². The third kappa shape index (κ3) is 8.43. The molecule has 6 heteroatoms. The van der Waals surface area contributed by atoms with Gasteiger partial charge in [0, 0.05) is 13.1 Å². The van der Waals surface area contributed by atoms with Crippen molar-refractivity contribution in [2.75, 3.05) is 39.0 Å². The van der Waals surface area contributed by atoms with E-state index in [1.165, 1.54) is 0 Å². The summed E-state index contributed by atoms with van der Waals surface area (Å²) in [7, 11) is -3.06. The van der Waals surface area contributed by atoms with Gasteiger partial charge in [-0.2, -0.15) is 0 Å². The first-order valence-corrected chi connectivity index (χ1v) is 6.66. The molecule has 0 aliphatic heterocycles. The summed E-state index contributed by atoms with van der Waals surface area (Å²) >= 11 is 0. The molecule has 0 spiro atoms. The van der Waals surface area contributed by atoms with Gasteiger partial charge in [-0.25, -0.2) is 13.1 Å². The predicted octanol–water partition coefficient (Wildman–Crippen LogP) is -0.760. The highest BCUT2D eigenvalue weighted by molar-refractivity contribution is 7.88. The van der Waals surface area contributed by atoms with Gasteiger partial charge >= 0.3 is 0 Å². The van der Waals surface area contributed by atoms with Crippen LogP contribution in [0.2, 0.25) is 0 Å². The van der Waals surface area contributed by atoms with Crippen LogP contribution in [0.5, 0.6) is 0 Å². The Morgan fingerprint density at radius 3 is 2.43 bits per heavy atom. The lowest BCUT2D eigenvalue weighted by molar-refractivity contribution is 0.201. The van der Waals surface area contributed by atoms with E-state index in [4.69, 9.17) is 5.11 Å². The fourth-order valence-electron chi connectivity index (χ4n) is 1.13. The Bertz CT molecular complexity index is 229.